The molecule has 1 aliphatic heterocycles. The van der Waals surface area contributed by atoms with Crippen LogP contribution in [0.2, 0.25) is 5.02 Å². The summed E-state index contributed by atoms with van der Waals surface area (Å²) in [5.74, 6) is 0.537. The standard InChI is InChI=1S/C16H16ClN3O4/c1-20-14(21)13-9(6-5-7-10(13)17)16(20,24-4)15-18-11(22-2)8-12(19-15)23-3/h5-8H,1-4H3. The molecule has 1 aliphatic rings. The second kappa shape index (κ2) is 5.92. The summed E-state index contributed by atoms with van der Waals surface area (Å²) in [5.41, 5.74) is -0.381. The number of carbonyl (C=O) groups excluding carboxylic acids is 1. The van der Waals surface area contributed by atoms with E-state index in [-0.39, 0.29) is 11.7 Å². The number of methoxy groups -OCH3 is 3. The van der Waals surface area contributed by atoms with Crippen molar-refractivity contribution >= 4 is 17.5 Å². The van der Waals surface area contributed by atoms with Gasteiger partial charge in [-0.3, -0.25) is 4.79 Å². The summed E-state index contributed by atoms with van der Waals surface area (Å²) < 4.78 is 16.2. The van der Waals surface area contributed by atoms with E-state index >= 15 is 0 Å². The Kier molecular flexibility index (Phi) is 4.06. The van der Waals surface area contributed by atoms with Gasteiger partial charge in [-0.15, -0.1) is 0 Å². The van der Waals surface area contributed by atoms with E-state index in [2.05, 4.69) is 9.97 Å². The molecular formula is C16H16ClN3O4. The van der Waals surface area contributed by atoms with Crippen LogP contribution in [0.15, 0.2) is 24.3 Å². The summed E-state index contributed by atoms with van der Waals surface area (Å²) in [6.07, 6.45) is 0. The van der Waals surface area contributed by atoms with Gasteiger partial charge in [0.05, 0.1) is 30.9 Å². The number of amides is 1. The first-order valence-electron chi connectivity index (χ1n) is 7.09. The van der Waals surface area contributed by atoms with Crippen LogP contribution in [-0.2, 0) is 10.5 Å². The molecule has 7 nitrogen and oxygen atoms in total. The molecule has 126 valence electrons. The van der Waals surface area contributed by atoms with Gasteiger partial charge in [0.1, 0.15) is 0 Å². The minimum atomic E-state index is -1.32. The quantitative estimate of drug-likeness (QED) is 0.841. The lowest BCUT2D eigenvalue weighted by atomic mass is 10.00. The summed E-state index contributed by atoms with van der Waals surface area (Å²) in [6, 6.07) is 6.72. The van der Waals surface area contributed by atoms with E-state index in [9.17, 15) is 4.79 Å². The van der Waals surface area contributed by atoms with E-state index in [1.54, 1.807) is 31.3 Å². The summed E-state index contributed by atoms with van der Waals surface area (Å²) in [6.45, 7) is 0. The lowest BCUT2D eigenvalue weighted by molar-refractivity contribution is -0.0783. The fourth-order valence-electron chi connectivity index (χ4n) is 2.89. The highest BCUT2D eigenvalue weighted by molar-refractivity contribution is 6.34. The maximum absolute atomic E-state index is 12.7. The predicted molar refractivity (Wildman–Crippen MR) is 86.5 cm³/mol. The molecule has 0 bridgehead atoms. The Morgan fingerprint density at radius 1 is 1.12 bits per heavy atom. The lowest BCUT2D eigenvalue weighted by Gasteiger charge is -2.33. The number of carbonyl (C=O) groups is 1. The van der Waals surface area contributed by atoms with Crippen molar-refractivity contribution in [3.8, 4) is 11.8 Å². The molecule has 24 heavy (non-hydrogen) atoms. The lowest BCUT2D eigenvalue weighted by Crippen LogP contribution is -2.45. The third kappa shape index (κ3) is 2.12. The fraction of sp³-hybridized carbons (Fsp3) is 0.312. The van der Waals surface area contributed by atoms with Crippen molar-refractivity contribution in [2.45, 2.75) is 5.72 Å². The first-order chi connectivity index (χ1) is 11.5. The molecule has 3 rings (SSSR count). The summed E-state index contributed by atoms with van der Waals surface area (Å²) in [4.78, 5) is 22.9. The van der Waals surface area contributed by atoms with Crippen molar-refractivity contribution in [1.29, 1.82) is 0 Å². The third-order valence-electron chi connectivity index (χ3n) is 4.07. The highest BCUT2D eigenvalue weighted by Gasteiger charge is 2.53. The molecule has 1 aromatic carbocycles. The Morgan fingerprint density at radius 2 is 1.75 bits per heavy atom. The molecule has 2 heterocycles. The summed E-state index contributed by atoms with van der Waals surface area (Å²) in [7, 11) is 6.06. The minimum Gasteiger partial charge on any atom is -0.481 e. The smallest absolute Gasteiger partial charge is 0.258 e. The van der Waals surface area contributed by atoms with Gasteiger partial charge in [-0.1, -0.05) is 23.7 Å². The van der Waals surface area contributed by atoms with Crippen LogP contribution in [0.25, 0.3) is 0 Å². The Labute approximate surface area is 144 Å². The van der Waals surface area contributed by atoms with Crippen LogP contribution in [-0.4, -0.2) is 49.2 Å². The van der Waals surface area contributed by atoms with Gasteiger partial charge in [0.2, 0.25) is 17.5 Å². The predicted octanol–water partition coefficient (Wildman–Crippen LogP) is 2.08. The number of hydrogen-bond acceptors (Lipinski definition) is 6. The number of nitrogens with zero attached hydrogens (tertiary/aromatic N) is 3. The van der Waals surface area contributed by atoms with Gasteiger partial charge in [0.15, 0.2) is 5.82 Å². The molecule has 0 spiro atoms. The maximum atomic E-state index is 12.7. The summed E-state index contributed by atoms with van der Waals surface area (Å²) >= 11 is 6.23. The van der Waals surface area contributed by atoms with Gasteiger partial charge in [-0.2, -0.15) is 9.97 Å². The average molecular weight is 350 g/mol. The minimum absolute atomic E-state index is 0.220. The van der Waals surface area contributed by atoms with Crippen molar-refractivity contribution in [2.24, 2.45) is 0 Å². The van der Waals surface area contributed by atoms with E-state index in [0.717, 1.165) is 0 Å². The Bertz CT molecular complexity index is 792. The molecule has 0 aliphatic carbocycles. The topological polar surface area (TPSA) is 73.8 Å². The molecule has 1 amide bonds. The second-order valence-corrected chi connectivity index (χ2v) is 5.56. The van der Waals surface area contributed by atoms with E-state index in [1.165, 1.54) is 26.2 Å². The highest BCUT2D eigenvalue weighted by atomic mass is 35.5. The van der Waals surface area contributed by atoms with Crippen LogP contribution >= 0.6 is 11.6 Å². The van der Waals surface area contributed by atoms with Crippen molar-refractivity contribution < 1.29 is 19.0 Å². The number of hydrogen-bond donors (Lipinski definition) is 0. The second-order valence-electron chi connectivity index (χ2n) is 5.15. The number of rotatable bonds is 4. The van der Waals surface area contributed by atoms with Gasteiger partial charge < -0.3 is 19.1 Å². The van der Waals surface area contributed by atoms with E-state index < -0.39 is 5.72 Å². The number of aromatic nitrogens is 2. The largest absolute Gasteiger partial charge is 0.481 e. The average Bonchev–Trinajstić information content (AvgIpc) is 2.83. The van der Waals surface area contributed by atoms with E-state index in [0.29, 0.717) is 27.9 Å². The van der Waals surface area contributed by atoms with Gasteiger partial charge in [-0.05, 0) is 6.07 Å². The molecule has 2 aromatic rings. The molecule has 0 fully saturated rings. The molecule has 0 radical (unpaired) electrons. The molecule has 8 heteroatoms. The molecule has 0 saturated carbocycles. The molecular weight excluding hydrogens is 334 g/mol. The van der Waals surface area contributed by atoms with Crippen molar-refractivity contribution in [3.05, 3.63) is 46.2 Å². The zero-order chi connectivity index (χ0) is 17.5. The van der Waals surface area contributed by atoms with Crippen LogP contribution < -0.4 is 9.47 Å². The third-order valence-corrected chi connectivity index (χ3v) is 4.38. The van der Waals surface area contributed by atoms with Gasteiger partial charge >= 0.3 is 0 Å². The van der Waals surface area contributed by atoms with Crippen molar-refractivity contribution in [1.82, 2.24) is 14.9 Å². The first-order valence-corrected chi connectivity index (χ1v) is 7.47. The Morgan fingerprint density at radius 3 is 2.29 bits per heavy atom. The monoisotopic (exact) mass is 349 g/mol. The van der Waals surface area contributed by atoms with Gasteiger partial charge in [0.25, 0.3) is 5.91 Å². The molecule has 0 N–H and O–H groups in total. The number of ether oxygens (including phenoxy) is 3. The fourth-order valence-corrected chi connectivity index (χ4v) is 3.14. The number of halogens is 1. The molecule has 1 aromatic heterocycles. The Hall–Kier alpha value is -2.38. The van der Waals surface area contributed by atoms with E-state index in [4.69, 9.17) is 25.8 Å². The molecule has 1 unspecified atom stereocenters. The van der Waals surface area contributed by atoms with Crippen LogP contribution in [0, 0.1) is 0 Å². The van der Waals surface area contributed by atoms with Crippen LogP contribution in [0.4, 0.5) is 0 Å². The first kappa shape index (κ1) is 16.5. The van der Waals surface area contributed by atoms with Gasteiger partial charge in [-0.25, -0.2) is 0 Å². The molecule has 1 atom stereocenters. The maximum Gasteiger partial charge on any atom is 0.258 e. The van der Waals surface area contributed by atoms with Crippen molar-refractivity contribution in [3.63, 3.8) is 0 Å². The number of benzene rings is 1. The normalized spacial score (nSPS) is 19.4. The zero-order valence-electron chi connectivity index (χ0n) is 13.7. The van der Waals surface area contributed by atoms with E-state index in [1.807, 2.05) is 0 Å². The van der Waals surface area contributed by atoms with Crippen molar-refractivity contribution in [2.75, 3.05) is 28.4 Å². The van der Waals surface area contributed by atoms with Crippen LogP contribution in [0.5, 0.6) is 11.8 Å². The number of fused-ring (bicyclic) bond motifs is 1. The highest BCUT2D eigenvalue weighted by Crippen LogP contribution is 2.45. The SMILES string of the molecule is COc1cc(OC)nc(C2(OC)c3cccc(Cl)c3C(=O)N2C)n1. The Balaban J connectivity index is 2.32. The van der Waals surface area contributed by atoms with Gasteiger partial charge in [0, 0.05) is 19.7 Å². The molecule has 0 saturated heterocycles. The van der Waals surface area contributed by atoms with Crippen LogP contribution in [0.3, 0.4) is 0 Å². The zero-order valence-corrected chi connectivity index (χ0v) is 14.4. The summed E-state index contributed by atoms with van der Waals surface area (Å²) in [5, 5.41) is 0.345. The van der Waals surface area contributed by atoms with Crippen LogP contribution in [0.1, 0.15) is 21.7 Å².